The van der Waals surface area contributed by atoms with Gasteiger partial charge in [0, 0.05) is 44.5 Å². The molecule has 4 rings (SSSR count). The Balaban J connectivity index is 1.18. The molecule has 0 bridgehead atoms. The van der Waals surface area contributed by atoms with Gasteiger partial charge in [-0.05, 0) is 62.2 Å². The number of nitrogens with one attached hydrogen (secondary N) is 1. The number of benzene rings is 2. The molecule has 7 heteroatoms. The molecular weight excluding hydrogens is 414 g/mol. The monoisotopic (exact) mass is 445 g/mol. The lowest BCUT2D eigenvalue weighted by molar-refractivity contribution is 0.0945. The third-order valence-electron chi connectivity index (χ3n) is 5.96. The van der Waals surface area contributed by atoms with Crippen molar-refractivity contribution in [3.8, 4) is 5.69 Å². The second-order valence-electron chi connectivity index (χ2n) is 8.43. The summed E-state index contributed by atoms with van der Waals surface area (Å²) in [5.74, 6) is -0.258. The first kappa shape index (κ1) is 22.7. The summed E-state index contributed by atoms with van der Waals surface area (Å²) in [6.45, 7) is 7.97. The van der Waals surface area contributed by atoms with Gasteiger partial charge in [0.25, 0.3) is 11.5 Å². The van der Waals surface area contributed by atoms with Crippen LogP contribution in [0.2, 0.25) is 0 Å². The SMILES string of the molecule is Cc1cccc(N2CCN(CCCCNC(=O)c3ccc(=O)n(-c4ccccc4)n3)CC2)c1. The van der Waals surface area contributed by atoms with E-state index < -0.39 is 0 Å². The molecule has 1 aromatic heterocycles. The molecule has 1 saturated heterocycles. The molecule has 1 amide bonds. The molecule has 2 heterocycles. The van der Waals surface area contributed by atoms with E-state index in [2.05, 4.69) is 51.4 Å². The van der Waals surface area contributed by atoms with E-state index in [1.165, 1.54) is 28.1 Å². The maximum atomic E-state index is 12.5. The number of piperazine rings is 1. The van der Waals surface area contributed by atoms with Crippen molar-refractivity contribution < 1.29 is 4.79 Å². The number of nitrogens with zero attached hydrogens (tertiary/aromatic N) is 4. The van der Waals surface area contributed by atoms with E-state index in [4.69, 9.17) is 0 Å². The van der Waals surface area contributed by atoms with E-state index in [-0.39, 0.29) is 17.2 Å². The van der Waals surface area contributed by atoms with Crippen molar-refractivity contribution in [3.63, 3.8) is 0 Å². The van der Waals surface area contributed by atoms with Crippen molar-refractivity contribution >= 4 is 11.6 Å². The van der Waals surface area contributed by atoms with Gasteiger partial charge in [-0.15, -0.1) is 0 Å². The molecule has 0 atom stereocenters. The normalized spacial score (nSPS) is 14.3. The van der Waals surface area contributed by atoms with Gasteiger partial charge in [0.05, 0.1) is 5.69 Å². The number of aromatic nitrogens is 2. The Morgan fingerprint density at radius 3 is 2.42 bits per heavy atom. The molecule has 1 fully saturated rings. The summed E-state index contributed by atoms with van der Waals surface area (Å²) < 4.78 is 1.26. The number of unbranched alkanes of at least 4 members (excludes halogenated alkanes) is 1. The Bertz CT molecular complexity index is 1120. The highest BCUT2D eigenvalue weighted by Crippen LogP contribution is 2.17. The molecule has 172 valence electrons. The molecule has 0 unspecified atom stereocenters. The van der Waals surface area contributed by atoms with Crippen LogP contribution < -0.4 is 15.8 Å². The molecule has 1 aliphatic rings. The number of carbonyl (C=O) groups excluding carboxylic acids is 1. The van der Waals surface area contributed by atoms with Crippen LogP contribution in [-0.4, -0.2) is 59.9 Å². The topological polar surface area (TPSA) is 70.5 Å². The van der Waals surface area contributed by atoms with Crippen LogP contribution in [0.15, 0.2) is 71.5 Å². The number of rotatable bonds is 8. The van der Waals surface area contributed by atoms with E-state index in [1.807, 2.05) is 18.2 Å². The third kappa shape index (κ3) is 6.08. The first-order chi connectivity index (χ1) is 16.1. The minimum atomic E-state index is -0.264. The lowest BCUT2D eigenvalue weighted by atomic mass is 10.2. The minimum Gasteiger partial charge on any atom is -0.369 e. The van der Waals surface area contributed by atoms with E-state index in [0.29, 0.717) is 12.2 Å². The summed E-state index contributed by atoms with van der Waals surface area (Å²) in [5, 5.41) is 7.16. The van der Waals surface area contributed by atoms with Gasteiger partial charge >= 0.3 is 0 Å². The van der Waals surface area contributed by atoms with E-state index in [0.717, 1.165) is 45.6 Å². The first-order valence-electron chi connectivity index (χ1n) is 11.6. The molecular formula is C26H31N5O2. The maximum Gasteiger partial charge on any atom is 0.271 e. The molecule has 1 aliphatic heterocycles. The van der Waals surface area contributed by atoms with Crippen LogP contribution in [0.1, 0.15) is 28.9 Å². The first-order valence-corrected chi connectivity index (χ1v) is 11.6. The Labute approximate surface area is 194 Å². The Kier molecular flexibility index (Phi) is 7.52. The predicted octanol–water partition coefficient (Wildman–Crippen LogP) is 2.87. The predicted molar refractivity (Wildman–Crippen MR) is 131 cm³/mol. The van der Waals surface area contributed by atoms with Gasteiger partial charge in [-0.3, -0.25) is 14.5 Å². The van der Waals surface area contributed by atoms with Gasteiger partial charge in [-0.1, -0.05) is 30.3 Å². The van der Waals surface area contributed by atoms with Crippen molar-refractivity contribution in [2.75, 3.05) is 44.2 Å². The number of para-hydroxylation sites is 1. The molecule has 7 nitrogen and oxygen atoms in total. The van der Waals surface area contributed by atoms with Crippen LogP contribution in [-0.2, 0) is 0 Å². The summed E-state index contributed by atoms with van der Waals surface area (Å²) in [7, 11) is 0. The van der Waals surface area contributed by atoms with Gasteiger partial charge in [0.2, 0.25) is 0 Å². The lowest BCUT2D eigenvalue weighted by Gasteiger charge is -2.36. The highest BCUT2D eigenvalue weighted by Gasteiger charge is 2.17. The van der Waals surface area contributed by atoms with Gasteiger partial charge in [-0.25, -0.2) is 0 Å². The molecule has 0 radical (unpaired) electrons. The Hall–Kier alpha value is -3.45. The summed E-state index contributed by atoms with van der Waals surface area (Å²) in [4.78, 5) is 29.6. The van der Waals surface area contributed by atoms with Crippen LogP contribution in [0.3, 0.4) is 0 Å². The van der Waals surface area contributed by atoms with Crippen LogP contribution in [0, 0.1) is 6.92 Å². The standard InChI is InChI=1S/C26H31N5O2/c1-21-8-7-11-23(20-21)30-18-16-29(17-19-30)15-6-5-14-27-26(33)24-12-13-25(32)31(28-24)22-9-3-2-4-10-22/h2-4,7-13,20H,5-6,14-19H2,1H3,(H,27,33). The molecule has 33 heavy (non-hydrogen) atoms. The average molecular weight is 446 g/mol. The number of anilines is 1. The maximum absolute atomic E-state index is 12.5. The van der Waals surface area contributed by atoms with Crippen molar-refractivity contribution in [1.29, 1.82) is 0 Å². The summed E-state index contributed by atoms with van der Waals surface area (Å²) in [6, 6.07) is 20.7. The summed E-state index contributed by atoms with van der Waals surface area (Å²) >= 11 is 0. The number of hydrogen-bond acceptors (Lipinski definition) is 5. The second kappa shape index (κ2) is 10.9. The van der Waals surface area contributed by atoms with Gasteiger partial charge in [-0.2, -0.15) is 9.78 Å². The number of carbonyl (C=O) groups is 1. The van der Waals surface area contributed by atoms with E-state index in [9.17, 15) is 9.59 Å². The fourth-order valence-corrected chi connectivity index (χ4v) is 4.09. The van der Waals surface area contributed by atoms with Gasteiger partial charge in [0.1, 0.15) is 5.69 Å². The number of aryl methyl sites for hydroxylation is 1. The molecule has 0 spiro atoms. The van der Waals surface area contributed by atoms with Crippen molar-refractivity contribution in [2.24, 2.45) is 0 Å². The third-order valence-corrected chi connectivity index (χ3v) is 5.96. The zero-order chi connectivity index (χ0) is 23.0. The van der Waals surface area contributed by atoms with Crippen LogP contribution >= 0.6 is 0 Å². The minimum absolute atomic E-state index is 0.241. The van der Waals surface area contributed by atoms with Crippen LogP contribution in [0.25, 0.3) is 5.69 Å². The van der Waals surface area contributed by atoms with Gasteiger partial charge < -0.3 is 10.2 Å². The van der Waals surface area contributed by atoms with Crippen molar-refractivity contribution in [1.82, 2.24) is 20.0 Å². The largest absolute Gasteiger partial charge is 0.369 e. The summed E-state index contributed by atoms with van der Waals surface area (Å²) in [5.41, 5.74) is 3.22. The van der Waals surface area contributed by atoms with Crippen molar-refractivity contribution in [2.45, 2.75) is 19.8 Å². The zero-order valence-corrected chi connectivity index (χ0v) is 19.1. The summed E-state index contributed by atoms with van der Waals surface area (Å²) in [6.07, 6.45) is 1.93. The number of hydrogen-bond donors (Lipinski definition) is 1. The van der Waals surface area contributed by atoms with Crippen molar-refractivity contribution in [3.05, 3.63) is 88.3 Å². The van der Waals surface area contributed by atoms with E-state index in [1.54, 1.807) is 12.1 Å². The molecule has 0 aliphatic carbocycles. The fraction of sp³-hybridized carbons (Fsp3) is 0.346. The zero-order valence-electron chi connectivity index (χ0n) is 19.1. The fourth-order valence-electron chi connectivity index (χ4n) is 4.09. The highest BCUT2D eigenvalue weighted by atomic mass is 16.2. The second-order valence-corrected chi connectivity index (χ2v) is 8.43. The Morgan fingerprint density at radius 2 is 1.67 bits per heavy atom. The van der Waals surface area contributed by atoms with Crippen LogP contribution in [0.5, 0.6) is 0 Å². The smallest absolute Gasteiger partial charge is 0.271 e. The van der Waals surface area contributed by atoms with Gasteiger partial charge in [0.15, 0.2) is 0 Å². The van der Waals surface area contributed by atoms with E-state index >= 15 is 0 Å². The molecule has 3 aromatic rings. The molecule has 1 N–H and O–H groups in total. The molecule has 2 aromatic carbocycles. The number of amides is 1. The average Bonchev–Trinajstić information content (AvgIpc) is 2.85. The molecule has 0 saturated carbocycles. The lowest BCUT2D eigenvalue weighted by Crippen LogP contribution is -2.46. The quantitative estimate of drug-likeness (QED) is 0.540. The van der Waals surface area contributed by atoms with Crippen LogP contribution in [0.4, 0.5) is 5.69 Å². The Morgan fingerprint density at radius 1 is 0.909 bits per heavy atom. The highest BCUT2D eigenvalue weighted by molar-refractivity contribution is 5.92.